The molecule has 0 saturated heterocycles. The normalized spacial score (nSPS) is 12.4. The molecule has 1 aromatic heterocycles. The molecule has 0 saturated carbocycles. The number of nitrogens with zero attached hydrogens (tertiary/aromatic N) is 1. The maximum Gasteiger partial charge on any atom is 0.150 e. The molecule has 1 rings (SSSR count). The lowest BCUT2D eigenvalue weighted by atomic mass is 10.2. The fourth-order valence-corrected chi connectivity index (χ4v) is 1.37. The van der Waals surface area contributed by atoms with E-state index in [1.54, 1.807) is 19.2 Å². The van der Waals surface area contributed by atoms with E-state index in [1.807, 2.05) is 0 Å². The summed E-state index contributed by atoms with van der Waals surface area (Å²) in [7, 11) is 1.55. The van der Waals surface area contributed by atoms with Crippen LogP contribution in [0.3, 0.4) is 0 Å². The van der Waals surface area contributed by atoms with E-state index in [0.29, 0.717) is 36.2 Å². The summed E-state index contributed by atoms with van der Waals surface area (Å²) in [6.45, 7) is 0.877. The van der Waals surface area contributed by atoms with E-state index in [2.05, 4.69) is 10.3 Å². The molecule has 0 amide bonds. The second-order valence-corrected chi connectivity index (χ2v) is 3.78. The maximum absolute atomic E-state index is 9.41. The quantitative estimate of drug-likeness (QED) is 0.655. The van der Waals surface area contributed by atoms with E-state index in [1.165, 1.54) is 0 Å². The lowest BCUT2D eigenvalue weighted by Gasteiger charge is -2.11. The minimum absolute atomic E-state index is 0.320. The van der Waals surface area contributed by atoms with E-state index in [9.17, 15) is 5.11 Å². The summed E-state index contributed by atoms with van der Waals surface area (Å²) < 4.78 is 4.81. The molecule has 1 atom stereocenters. The van der Waals surface area contributed by atoms with Crippen LogP contribution in [-0.2, 0) is 4.74 Å². The third kappa shape index (κ3) is 4.22. The largest absolute Gasteiger partial charge is 0.396 e. The predicted octanol–water partition coefficient (Wildman–Crippen LogP) is 1.13. The highest BCUT2D eigenvalue weighted by Gasteiger charge is 2.05. The number of halogens is 1. The lowest BCUT2D eigenvalue weighted by molar-refractivity contribution is 0.0615. The summed E-state index contributed by atoms with van der Waals surface area (Å²) >= 11 is 5.73. The molecule has 0 aliphatic carbocycles. The summed E-state index contributed by atoms with van der Waals surface area (Å²) in [5.74, 6) is 0.539. The second-order valence-electron chi connectivity index (χ2n) is 3.40. The van der Waals surface area contributed by atoms with Crippen LogP contribution in [0, 0.1) is 0 Å². The number of aromatic nitrogens is 1. The van der Waals surface area contributed by atoms with Crippen molar-refractivity contribution in [3.05, 3.63) is 17.3 Å². The molecule has 0 aliphatic rings. The Kier molecular flexibility index (Phi) is 5.31. The van der Waals surface area contributed by atoms with Crippen LogP contribution in [0.25, 0.3) is 0 Å². The molecule has 1 unspecified atom stereocenters. The van der Waals surface area contributed by atoms with Crippen LogP contribution in [-0.4, -0.2) is 36.5 Å². The van der Waals surface area contributed by atoms with Crippen molar-refractivity contribution in [3.63, 3.8) is 0 Å². The first-order valence-electron chi connectivity index (χ1n) is 4.96. The maximum atomic E-state index is 9.41. The smallest absolute Gasteiger partial charge is 0.150 e. The average molecular weight is 246 g/mol. The molecule has 5 nitrogen and oxygen atoms in total. The molecule has 0 fully saturated rings. The monoisotopic (exact) mass is 245 g/mol. The van der Waals surface area contributed by atoms with Crippen LogP contribution in [0.2, 0.25) is 5.15 Å². The molecule has 0 aromatic carbocycles. The van der Waals surface area contributed by atoms with Crippen molar-refractivity contribution >= 4 is 23.1 Å². The van der Waals surface area contributed by atoms with Gasteiger partial charge in [0.15, 0.2) is 5.82 Å². The molecule has 0 aliphatic heterocycles. The van der Waals surface area contributed by atoms with Crippen LogP contribution >= 0.6 is 11.6 Å². The SMILES string of the molecule is COCC(O)CCNc1nc(Cl)ccc1N. The van der Waals surface area contributed by atoms with Gasteiger partial charge in [-0.3, -0.25) is 0 Å². The number of anilines is 2. The molecule has 1 aromatic rings. The number of hydrogen-bond acceptors (Lipinski definition) is 5. The fraction of sp³-hybridized carbons (Fsp3) is 0.500. The Morgan fingerprint density at radius 1 is 1.62 bits per heavy atom. The number of aliphatic hydroxyl groups is 1. The van der Waals surface area contributed by atoms with Gasteiger partial charge in [-0.2, -0.15) is 0 Å². The minimum atomic E-state index is -0.488. The summed E-state index contributed by atoms with van der Waals surface area (Å²) in [5.41, 5.74) is 6.23. The zero-order chi connectivity index (χ0) is 12.0. The molecule has 6 heteroatoms. The van der Waals surface area contributed by atoms with Crippen molar-refractivity contribution in [1.29, 1.82) is 0 Å². The first-order chi connectivity index (χ1) is 7.63. The Morgan fingerprint density at radius 3 is 3.06 bits per heavy atom. The molecule has 90 valence electrons. The number of ether oxygens (including phenoxy) is 1. The molecule has 0 spiro atoms. The lowest BCUT2D eigenvalue weighted by Crippen LogP contribution is -2.19. The Balaban J connectivity index is 2.39. The first kappa shape index (κ1) is 13.0. The van der Waals surface area contributed by atoms with Gasteiger partial charge in [0, 0.05) is 13.7 Å². The Labute approximate surface area is 99.6 Å². The number of methoxy groups -OCH3 is 1. The molecule has 4 N–H and O–H groups in total. The fourth-order valence-electron chi connectivity index (χ4n) is 1.22. The van der Waals surface area contributed by atoms with E-state index in [4.69, 9.17) is 22.1 Å². The Hall–Kier alpha value is -1.04. The molecule has 16 heavy (non-hydrogen) atoms. The van der Waals surface area contributed by atoms with E-state index >= 15 is 0 Å². The average Bonchev–Trinajstić information content (AvgIpc) is 2.23. The van der Waals surface area contributed by atoms with Crippen LogP contribution < -0.4 is 11.1 Å². The van der Waals surface area contributed by atoms with Crippen LogP contribution in [0.4, 0.5) is 11.5 Å². The van der Waals surface area contributed by atoms with Crippen LogP contribution in [0.15, 0.2) is 12.1 Å². The second kappa shape index (κ2) is 6.52. The number of rotatable bonds is 6. The van der Waals surface area contributed by atoms with Crippen molar-refractivity contribution in [2.24, 2.45) is 0 Å². The van der Waals surface area contributed by atoms with E-state index < -0.39 is 6.10 Å². The Morgan fingerprint density at radius 2 is 2.38 bits per heavy atom. The predicted molar refractivity (Wildman–Crippen MR) is 64.6 cm³/mol. The molecular weight excluding hydrogens is 230 g/mol. The van der Waals surface area contributed by atoms with Crippen molar-refractivity contribution in [2.75, 3.05) is 31.3 Å². The molecular formula is C10H16ClN3O2. The topological polar surface area (TPSA) is 80.4 Å². The van der Waals surface area contributed by atoms with Crippen molar-refractivity contribution in [3.8, 4) is 0 Å². The minimum Gasteiger partial charge on any atom is -0.396 e. The van der Waals surface area contributed by atoms with Gasteiger partial charge in [-0.1, -0.05) is 11.6 Å². The highest BCUT2D eigenvalue weighted by Crippen LogP contribution is 2.18. The zero-order valence-electron chi connectivity index (χ0n) is 9.11. The van der Waals surface area contributed by atoms with E-state index in [-0.39, 0.29) is 0 Å². The number of nitrogens with one attached hydrogen (secondary N) is 1. The van der Waals surface area contributed by atoms with E-state index in [0.717, 1.165) is 0 Å². The highest BCUT2D eigenvalue weighted by atomic mass is 35.5. The molecule has 1 heterocycles. The first-order valence-corrected chi connectivity index (χ1v) is 5.34. The van der Waals surface area contributed by atoms with Gasteiger partial charge in [-0.25, -0.2) is 4.98 Å². The summed E-state index contributed by atoms with van der Waals surface area (Å²) in [4.78, 5) is 4.03. The van der Waals surface area contributed by atoms with Gasteiger partial charge in [0.1, 0.15) is 5.15 Å². The third-order valence-corrected chi connectivity index (χ3v) is 2.23. The van der Waals surface area contributed by atoms with Crippen LogP contribution in [0.1, 0.15) is 6.42 Å². The van der Waals surface area contributed by atoms with Gasteiger partial charge in [-0.15, -0.1) is 0 Å². The summed E-state index contributed by atoms with van der Waals surface area (Å²) in [6.07, 6.45) is 0.0690. The summed E-state index contributed by atoms with van der Waals surface area (Å²) in [6, 6.07) is 3.31. The van der Waals surface area contributed by atoms with Gasteiger partial charge in [0.25, 0.3) is 0 Å². The molecule has 0 bridgehead atoms. The standard InChI is InChI=1S/C10H16ClN3O2/c1-16-6-7(15)4-5-13-10-8(12)2-3-9(11)14-10/h2-3,7,15H,4-6,12H2,1H3,(H,13,14). The van der Waals surface area contributed by atoms with Crippen molar-refractivity contribution in [2.45, 2.75) is 12.5 Å². The van der Waals surface area contributed by atoms with Gasteiger partial charge >= 0.3 is 0 Å². The highest BCUT2D eigenvalue weighted by molar-refractivity contribution is 6.29. The number of pyridine rings is 1. The van der Waals surface area contributed by atoms with Gasteiger partial charge in [-0.05, 0) is 18.6 Å². The number of nitrogen functional groups attached to an aromatic ring is 1. The number of hydrogen-bond donors (Lipinski definition) is 3. The molecule has 0 radical (unpaired) electrons. The zero-order valence-corrected chi connectivity index (χ0v) is 9.87. The summed E-state index contributed by atoms with van der Waals surface area (Å²) in [5, 5.41) is 12.8. The van der Waals surface area contributed by atoms with Gasteiger partial charge in [0.2, 0.25) is 0 Å². The van der Waals surface area contributed by atoms with Crippen molar-refractivity contribution < 1.29 is 9.84 Å². The Bertz CT molecular complexity index is 336. The number of nitrogens with two attached hydrogens (primary N) is 1. The van der Waals surface area contributed by atoms with Crippen LogP contribution in [0.5, 0.6) is 0 Å². The third-order valence-electron chi connectivity index (χ3n) is 2.02. The van der Waals surface area contributed by atoms with Gasteiger partial charge < -0.3 is 20.9 Å². The van der Waals surface area contributed by atoms with Crippen molar-refractivity contribution in [1.82, 2.24) is 4.98 Å². The number of aliphatic hydroxyl groups excluding tert-OH is 1. The van der Waals surface area contributed by atoms with Gasteiger partial charge in [0.05, 0.1) is 18.4 Å².